The number of hydrogen-bond acceptors (Lipinski definition) is 3. The molecule has 0 bridgehead atoms. The van der Waals surface area contributed by atoms with Gasteiger partial charge in [0, 0.05) is 19.1 Å². The van der Waals surface area contributed by atoms with Crippen LogP contribution in [0, 0.1) is 0 Å². The summed E-state index contributed by atoms with van der Waals surface area (Å²) in [4.78, 5) is 12.7. The molecule has 2 rings (SSSR count). The summed E-state index contributed by atoms with van der Waals surface area (Å²) >= 11 is 0. The molecule has 5 heteroatoms. The average molecular weight is 186 g/mol. The van der Waals surface area contributed by atoms with Crippen molar-refractivity contribution in [1.82, 2.24) is 10.2 Å². The minimum Gasteiger partial charge on any atom is -0.465 e. The lowest BCUT2D eigenvalue weighted by Gasteiger charge is -2.34. The molecule has 5 nitrogen and oxygen atoms in total. The lowest BCUT2D eigenvalue weighted by Crippen LogP contribution is -2.49. The maximum atomic E-state index is 10.4. The first-order valence-corrected chi connectivity index (χ1v) is 4.57. The Morgan fingerprint density at radius 2 is 2.31 bits per heavy atom. The molecule has 0 aromatic carbocycles. The van der Waals surface area contributed by atoms with Crippen LogP contribution >= 0.6 is 0 Å². The molecular formula is C8H14N2O3. The first-order valence-electron chi connectivity index (χ1n) is 4.57. The van der Waals surface area contributed by atoms with Gasteiger partial charge in [-0.2, -0.15) is 0 Å². The van der Waals surface area contributed by atoms with Crippen LogP contribution in [0.5, 0.6) is 0 Å². The highest BCUT2D eigenvalue weighted by Gasteiger charge is 2.32. The summed E-state index contributed by atoms with van der Waals surface area (Å²) < 4.78 is 5.09. The quantitative estimate of drug-likeness (QED) is 0.623. The Hall–Kier alpha value is -0.810. The fourth-order valence-corrected chi connectivity index (χ4v) is 1.85. The summed E-state index contributed by atoms with van der Waals surface area (Å²) in [6.45, 7) is 3.43. The highest BCUT2D eigenvalue weighted by molar-refractivity contribution is 5.64. The van der Waals surface area contributed by atoms with Gasteiger partial charge in [-0.05, 0) is 6.42 Å². The number of nitrogens with one attached hydrogen (secondary N) is 1. The monoisotopic (exact) mass is 186 g/mol. The van der Waals surface area contributed by atoms with E-state index in [9.17, 15) is 4.79 Å². The molecule has 1 amide bonds. The maximum absolute atomic E-state index is 10.4. The Balaban J connectivity index is 1.76. The minimum absolute atomic E-state index is 0.109. The van der Waals surface area contributed by atoms with Gasteiger partial charge in [-0.25, -0.2) is 4.79 Å². The highest BCUT2D eigenvalue weighted by atomic mass is 16.5. The van der Waals surface area contributed by atoms with Crippen LogP contribution in [0.25, 0.3) is 0 Å². The zero-order valence-electron chi connectivity index (χ0n) is 7.40. The molecular weight excluding hydrogens is 172 g/mol. The molecule has 0 unspecified atom stereocenters. The van der Waals surface area contributed by atoms with Crippen LogP contribution in [0.1, 0.15) is 6.42 Å². The molecule has 0 aliphatic carbocycles. The van der Waals surface area contributed by atoms with Crippen LogP contribution in [-0.2, 0) is 4.74 Å². The molecule has 2 aliphatic rings. The predicted octanol–water partition coefficient (Wildman–Crippen LogP) is -0.273. The molecule has 0 aromatic rings. The number of rotatable bonds is 2. The second kappa shape index (κ2) is 3.51. The van der Waals surface area contributed by atoms with Gasteiger partial charge in [0.2, 0.25) is 0 Å². The topological polar surface area (TPSA) is 61.8 Å². The van der Waals surface area contributed by atoms with E-state index in [4.69, 9.17) is 9.84 Å². The molecule has 2 heterocycles. The largest absolute Gasteiger partial charge is 0.465 e. The van der Waals surface area contributed by atoms with E-state index in [1.165, 1.54) is 0 Å². The molecule has 2 N–H and O–H groups in total. The number of hydrogen-bond donors (Lipinski definition) is 2. The van der Waals surface area contributed by atoms with E-state index in [1.54, 1.807) is 0 Å². The van der Waals surface area contributed by atoms with E-state index >= 15 is 0 Å². The van der Waals surface area contributed by atoms with Crippen molar-refractivity contribution < 1.29 is 14.6 Å². The van der Waals surface area contributed by atoms with Crippen molar-refractivity contribution >= 4 is 6.09 Å². The van der Waals surface area contributed by atoms with Gasteiger partial charge in [-0.15, -0.1) is 0 Å². The second-order valence-corrected chi connectivity index (χ2v) is 3.62. The van der Waals surface area contributed by atoms with E-state index in [0.717, 1.165) is 32.7 Å². The Morgan fingerprint density at radius 3 is 2.85 bits per heavy atom. The Labute approximate surface area is 76.7 Å². The van der Waals surface area contributed by atoms with Gasteiger partial charge in [0.1, 0.15) is 0 Å². The first-order chi connectivity index (χ1) is 6.25. The fourth-order valence-electron chi connectivity index (χ4n) is 1.85. The summed E-state index contributed by atoms with van der Waals surface area (Å²) in [5.74, 6) is 0. The van der Waals surface area contributed by atoms with Gasteiger partial charge >= 0.3 is 6.09 Å². The van der Waals surface area contributed by atoms with Gasteiger partial charge in [0.25, 0.3) is 0 Å². The van der Waals surface area contributed by atoms with Gasteiger partial charge in [-0.1, -0.05) is 0 Å². The molecule has 13 heavy (non-hydrogen) atoms. The van der Waals surface area contributed by atoms with Crippen molar-refractivity contribution in [3.05, 3.63) is 0 Å². The van der Waals surface area contributed by atoms with Crippen molar-refractivity contribution in [1.29, 1.82) is 0 Å². The van der Waals surface area contributed by atoms with Crippen molar-refractivity contribution in [2.75, 3.05) is 26.3 Å². The number of amides is 1. The van der Waals surface area contributed by atoms with Crippen molar-refractivity contribution in [3.63, 3.8) is 0 Å². The van der Waals surface area contributed by atoms with Crippen LogP contribution in [0.2, 0.25) is 0 Å². The van der Waals surface area contributed by atoms with Gasteiger partial charge in [-0.3, -0.25) is 4.90 Å². The Kier molecular flexibility index (Phi) is 2.37. The van der Waals surface area contributed by atoms with Gasteiger partial charge < -0.3 is 15.2 Å². The standard InChI is InChI=1S/C8H14N2O3/c11-8(12)9-6-1-2-10(3-6)7-4-13-5-7/h6-7,9H,1-5H2,(H,11,12)/t6-/m0/s1. The summed E-state index contributed by atoms with van der Waals surface area (Å²) in [6, 6.07) is 0.638. The van der Waals surface area contributed by atoms with E-state index in [2.05, 4.69) is 10.2 Å². The number of carboxylic acid groups (broad SMARTS) is 1. The second-order valence-electron chi connectivity index (χ2n) is 3.62. The van der Waals surface area contributed by atoms with Crippen molar-refractivity contribution in [2.24, 2.45) is 0 Å². The smallest absolute Gasteiger partial charge is 0.404 e. The molecule has 0 spiro atoms. The zero-order valence-corrected chi connectivity index (χ0v) is 7.40. The van der Waals surface area contributed by atoms with E-state index in [0.29, 0.717) is 6.04 Å². The lowest BCUT2D eigenvalue weighted by molar-refractivity contribution is -0.0574. The molecule has 2 saturated heterocycles. The third kappa shape index (κ3) is 1.92. The normalized spacial score (nSPS) is 30.0. The third-order valence-electron chi connectivity index (χ3n) is 2.68. The number of ether oxygens (including phenoxy) is 1. The summed E-state index contributed by atoms with van der Waals surface area (Å²) in [6.07, 6.45) is -0.000269. The predicted molar refractivity (Wildman–Crippen MR) is 45.7 cm³/mol. The van der Waals surface area contributed by atoms with E-state index in [-0.39, 0.29) is 6.04 Å². The Morgan fingerprint density at radius 1 is 1.54 bits per heavy atom. The molecule has 0 radical (unpaired) electrons. The maximum Gasteiger partial charge on any atom is 0.404 e. The molecule has 74 valence electrons. The number of likely N-dealkylation sites (tertiary alicyclic amines) is 1. The van der Waals surface area contributed by atoms with Gasteiger partial charge in [0.15, 0.2) is 0 Å². The summed E-state index contributed by atoms with van der Waals surface area (Å²) in [5, 5.41) is 11.0. The highest BCUT2D eigenvalue weighted by Crippen LogP contribution is 2.17. The number of nitrogens with zero attached hydrogens (tertiary/aromatic N) is 1. The van der Waals surface area contributed by atoms with Crippen molar-refractivity contribution in [2.45, 2.75) is 18.5 Å². The summed E-state index contributed by atoms with van der Waals surface area (Å²) in [5.41, 5.74) is 0. The molecule has 2 aliphatic heterocycles. The molecule has 2 fully saturated rings. The lowest BCUT2D eigenvalue weighted by atomic mass is 10.2. The number of carbonyl (C=O) groups is 1. The third-order valence-corrected chi connectivity index (χ3v) is 2.68. The average Bonchev–Trinajstić information content (AvgIpc) is 2.31. The van der Waals surface area contributed by atoms with E-state index in [1.807, 2.05) is 0 Å². The summed E-state index contributed by atoms with van der Waals surface area (Å²) in [7, 11) is 0. The fraction of sp³-hybridized carbons (Fsp3) is 0.875. The molecule has 0 saturated carbocycles. The van der Waals surface area contributed by atoms with Crippen LogP contribution in [-0.4, -0.2) is 54.5 Å². The van der Waals surface area contributed by atoms with Crippen LogP contribution < -0.4 is 5.32 Å². The van der Waals surface area contributed by atoms with Crippen LogP contribution in [0.3, 0.4) is 0 Å². The van der Waals surface area contributed by atoms with Gasteiger partial charge in [0.05, 0.1) is 19.3 Å². The van der Waals surface area contributed by atoms with Crippen LogP contribution in [0.15, 0.2) is 0 Å². The molecule has 1 atom stereocenters. The SMILES string of the molecule is O=C(O)N[C@H]1CCN(C2COC2)C1. The van der Waals surface area contributed by atoms with Crippen molar-refractivity contribution in [3.8, 4) is 0 Å². The van der Waals surface area contributed by atoms with E-state index < -0.39 is 6.09 Å². The minimum atomic E-state index is -0.920. The van der Waals surface area contributed by atoms with Crippen LogP contribution in [0.4, 0.5) is 4.79 Å². The Bertz CT molecular complexity index is 206. The first kappa shape index (κ1) is 8.77. The molecule has 0 aromatic heterocycles. The zero-order chi connectivity index (χ0) is 9.26.